The molecular formula is C17H32N2O2. The zero-order chi connectivity index (χ0) is 15.7. The zero-order valence-electron chi connectivity index (χ0n) is 14.4. The third-order valence-electron chi connectivity index (χ3n) is 5.10. The normalized spacial score (nSPS) is 25.5. The summed E-state index contributed by atoms with van der Waals surface area (Å²) >= 11 is 0. The molecule has 1 aliphatic carbocycles. The maximum atomic E-state index is 13.0. The SMILES string of the molecule is COCCC(C)(C)CN1C(=O)C2(CCCC2)NC1C(C)C. The molecule has 2 aliphatic rings. The van der Waals surface area contributed by atoms with Crippen molar-refractivity contribution in [2.45, 2.75) is 71.5 Å². The minimum absolute atomic E-state index is 0.0879. The minimum Gasteiger partial charge on any atom is -0.385 e. The Kier molecular flexibility index (Phi) is 4.99. The van der Waals surface area contributed by atoms with Crippen LogP contribution in [0.2, 0.25) is 0 Å². The molecular weight excluding hydrogens is 264 g/mol. The average Bonchev–Trinajstić information content (AvgIpc) is 2.98. The van der Waals surface area contributed by atoms with Crippen molar-refractivity contribution in [2.75, 3.05) is 20.3 Å². The number of amides is 1. The van der Waals surface area contributed by atoms with E-state index in [1.54, 1.807) is 7.11 Å². The van der Waals surface area contributed by atoms with E-state index in [-0.39, 0.29) is 17.1 Å². The van der Waals surface area contributed by atoms with Crippen molar-refractivity contribution in [3.63, 3.8) is 0 Å². The molecule has 0 aromatic rings. The summed E-state index contributed by atoms with van der Waals surface area (Å²) in [6.07, 6.45) is 5.51. The number of methoxy groups -OCH3 is 1. The van der Waals surface area contributed by atoms with Crippen LogP contribution in [0, 0.1) is 11.3 Å². The van der Waals surface area contributed by atoms with Gasteiger partial charge in [-0.1, -0.05) is 40.5 Å². The van der Waals surface area contributed by atoms with Gasteiger partial charge in [-0.2, -0.15) is 0 Å². The summed E-state index contributed by atoms with van der Waals surface area (Å²) in [6, 6.07) is 0. The van der Waals surface area contributed by atoms with Gasteiger partial charge in [0.15, 0.2) is 0 Å². The van der Waals surface area contributed by atoms with Gasteiger partial charge in [0.1, 0.15) is 0 Å². The standard InChI is InChI=1S/C17H32N2O2/c1-13(2)14-18-17(8-6-7-9-17)15(20)19(14)12-16(3,4)10-11-21-5/h13-14,18H,6-12H2,1-5H3. The molecule has 0 aromatic heterocycles. The third kappa shape index (κ3) is 3.42. The highest BCUT2D eigenvalue weighted by molar-refractivity contribution is 5.89. The molecule has 1 N–H and O–H groups in total. The number of nitrogens with one attached hydrogen (secondary N) is 1. The second kappa shape index (κ2) is 6.25. The van der Waals surface area contributed by atoms with Crippen LogP contribution in [0.15, 0.2) is 0 Å². The molecule has 1 spiro atoms. The van der Waals surface area contributed by atoms with Crippen LogP contribution in [0.3, 0.4) is 0 Å². The quantitative estimate of drug-likeness (QED) is 0.819. The van der Waals surface area contributed by atoms with Crippen LogP contribution in [0.4, 0.5) is 0 Å². The molecule has 1 amide bonds. The smallest absolute Gasteiger partial charge is 0.244 e. The maximum absolute atomic E-state index is 13.0. The average molecular weight is 296 g/mol. The summed E-state index contributed by atoms with van der Waals surface area (Å²) in [7, 11) is 1.74. The molecule has 1 saturated heterocycles. The van der Waals surface area contributed by atoms with Gasteiger partial charge >= 0.3 is 0 Å². The topological polar surface area (TPSA) is 41.6 Å². The number of carbonyl (C=O) groups is 1. The Morgan fingerprint density at radius 1 is 1.38 bits per heavy atom. The maximum Gasteiger partial charge on any atom is 0.244 e. The van der Waals surface area contributed by atoms with Crippen LogP contribution in [0.25, 0.3) is 0 Å². The van der Waals surface area contributed by atoms with Crippen LogP contribution < -0.4 is 5.32 Å². The fourth-order valence-electron chi connectivity index (χ4n) is 3.78. The van der Waals surface area contributed by atoms with E-state index in [4.69, 9.17) is 4.74 Å². The lowest BCUT2D eigenvalue weighted by atomic mass is 9.88. The monoisotopic (exact) mass is 296 g/mol. The Balaban J connectivity index is 2.13. The molecule has 4 nitrogen and oxygen atoms in total. The molecule has 0 aromatic carbocycles. The molecule has 2 rings (SSSR count). The van der Waals surface area contributed by atoms with Gasteiger partial charge in [-0.25, -0.2) is 0 Å². The Labute approximate surface area is 129 Å². The largest absolute Gasteiger partial charge is 0.385 e. The van der Waals surface area contributed by atoms with Crippen molar-refractivity contribution < 1.29 is 9.53 Å². The fraction of sp³-hybridized carbons (Fsp3) is 0.941. The number of rotatable bonds is 6. The van der Waals surface area contributed by atoms with E-state index >= 15 is 0 Å². The summed E-state index contributed by atoms with van der Waals surface area (Å²) in [5, 5.41) is 3.69. The van der Waals surface area contributed by atoms with E-state index in [9.17, 15) is 4.79 Å². The zero-order valence-corrected chi connectivity index (χ0v) is 14.4. The van der Waals surface area contributed by atoms with Crippen LogP contribution in [0.5, 0.6) is 0 Å². The summed E-state index contributed by atoms with van der Waals surface area (Å²) in [4.78, 5) is 15.1. The molecule has 21 heavy (non-hydrogen) atoms. The highest BCUT2D eigenvalue weighted by atomic mass is 16.5. The molecule has 1 unspecified atom stereocenters. The van der Waals surface area contributed by atoms with Gasteiger partial charge in [0.2, 0.25) is 5.91 Å². The van der Waals surface area contributed by atoms with E-state index in [2.05, 4.69) is 37.9 Å². The van der Waals surface area contributed by atoms with Crippen LogP contribution in [-0.4, -0.2) is 42.8 Å². The molecule has 4 heteroatoms. The van der Waals surface area contributed by atoms with E-state index in [0.29, 0.717) is 11.8 Å². The molecule has 0 bridgehead atoms. The number of hydrogen-bond acceptors (Lipinski definition) is 3. The van der Waals surface area contributed by atoms with Gasteiger partial charge < -0.3 is 9.64 Å². The Morgan fingerprint density at radius 2 is 2.00 bits per heavy atom. The highest BCUT2D eigenvalue weighted by Crippen LogP contribution is 2.39. The summed E-state index contributed by atoms with van der Waals surface area (Å²) in [5.41, 5.74) is -0.170. The number of hydrogen-bond donors (Lipinski definition) is 1. The van der Waals surface area contributed by atoms with Crippen LogP contribution in [0.1, 0.15) is 59.8 Å². The van der Waals surface area contributed by atoms with E-state index in [1.165, 1.54) is 12.8 Å². The van der Waals surface area contributed by atoms with Gasteiger partial charge in [-0.3, -0.25) is 10.1 Å². The lowest BCUT2D eigenvalue weighted by Gasteiger charge is -2.35. The molecule has 1 atom stereocenters. The molecule has 0 radical (unpaired) electrons. The molecule has 1 heterocycles. The van der Waals surface area contributed by atoms with E-state index in [0.717, 1.165) is 32.4 Å². The number of carbonyl (C=O) groups excluding carboxylic acids is 1. The first kappa shape index (κ1) is 16.8. The highest BCUT2D eigenvalue weighted by Gasteiger charge is 2.53. The van der Waals surface area contributed by atoms with Crippen LogP contribution >= 0.6 is 0 Å². The van der Waals surface area contributed by atoms with Crippen molar-refractivity contribution in [3.05, 3.63) is 0 Å². The lowest BCUT2D eigenvalue weighted by Crippen LogP contribution is -2.46. The molecule has 122 valence electrons. The fourth-order valence-corrected chi connectivity index (χ4v) is 3.78. The minimum atomic E-state index is -0.258. The summed E-state index contributed by atoms with van der Waals surface area (Å²) < 4.78 is 5.22. The third-order valence-corrected chi connectivity index (χ3v) is 5.10. The van der Waals surface area contributed by atoms with Gasteiger partial charge in [0.25, 0.3) is 0 Å². The second-order valence-electron chi connectivity index (χ2n) is 7.96. The Morgan fingerprint density at radius 3 is 2.52 bits per heavy atom. The number of nitrogens with zero attached hydrogens (tertiary/aromatic N) is 1. The van der Waals surface area contributed by atoms with Crippen molar-refractivity contribution in [2.24, 2.45) is 11.3 Å². The van der Waals surface area contributed by atoms with E-state index < -0.39 is 0 Å². The van der Waals surface area contributed by atoms with Gasteiger partial charge in [0, 0.05) is 20.3 Å². The van der Waals surface area contributed by atoms with Crippen LogP contribution in [-0.2, 0) is 9.53 Å². The summed E-state index contributed by atoms with van der Waals surface area (Å²) in [5.74, 6) is 0.774. The predicted molar refractivity (Wildman–Crippen MR) is 84.9 cm³/mol. The molecule has 1 aliphatic heterocycles. The van der Waals surface area contributed by atoms with Crippen molar-refractivity contribution in [1.29, 1.82) is 0 Å². The first-order chi connectivity index (χ1) is 9.81. The second-order valence-corrected chi connectivity index (χ2v) is 7.96. The Hall–Kier alpha value is -0.610. The van der Waals surface area contributed by atoms with E-state index in [1.807, 2.05) is 0 Å². The first-order valence-electron chi connectivity index (χ1n) is 8.39. The van der Waals surface area contributed by atoms with Gasteiger partial charge in [-0.15, -0.1) is 0 Å². The predicted octanol–water partition coefficient (Wildman–Crippen LogP) is 2.78. The van der Waals surface area contributed by atoms with Crippen molar-refractivity contribution in [3.8, 4) is 0 Å². The first-order valence-corrected chi connectivity index (χ1v) is 8.39. The van der Waals surface area contributed by atoms with Crippen molar-refractivity contribution >= 4 is 5.91 Å². The Bertz CT molecular complexity index is 373. The van der Waals surface area contributed by atoms with Gasteiger partial charge in [0.05, 0.1) is 11.7 Å². The van der Waals surface area contributed by atoms with Gasteiger partial charge in [-0.05, 0) is 30.6 Å². The van der Waals surface area contributed by atoms with Crippen molar-refractivity contribution in [1.82, 2.24) is 10.2 Å². The number of ether oxygens (including phenoxy) is 1. The lowest BCUT2D eigenvalue weighted by molar-refractivity contribution is -0.135. The summed E-state index contributed by atoms with van der Waals surface area (Å²) in [6.45, 7) is 10.4. The molecule has 1 saturated carbocycles. The molecule has 2 fully saturated rings.